The van der Waals surface area contributed by atoms with Crippen LogP contribution >= 0.6 is 0 Å². The molecule has 26 heavy (non-hydrogen) atoms. The summed E-state index contributed by atoms with van der Waals surface area (Å²) in [6.45, 7) is 4.48. The van der Waals surface area contributed by atoms with Gasteiger partial charge in [-0.2, -0.15) is 0 Å². The van der Waals surface area contributed by atoms with Gasteiger partial charge in [-0.05, 0) is 62.6 Å². The largest absolute Gasteiger partial charge is 0.374 e. The number of ether oxygens (including phenoxy) is 1. The van der Waals surface area contributed by atoms with Gasteiger partial charge in [-0.1, -0.05) is 18.2 Å². The van der Waals surface area contributed by atoms with Crippen molar-refractivity contribution in [2.75, 3.05) is 10.6 Å². The molecule has 1 aliphatic carbocycles. The molecule has 0 radical (unpaired) electrons. The second-order valence-corrected chi connectivity index (χ2v) is 6.86. The van der Waals surface area contributed by atoms with Crippen LogP contribution in [0.1, 0.15) is 42.6 Å². The Morgan fingerprint density at radius 1 is 1.04 bits per heavy atom. The molecule has 2 amide bonds. The first-order valence-corrected chi connectivity index (χ1v) is 8.94. The monoisotopic (exact) mass is 352 g/mol. The summed E-state index contributed by atoms with van der Waals surface area (Å²) in [5.74, 6) is -0.0573. The minimum Gasteiger partial charge on any atom is -0.374 e. The van der Waals surface area contributed by atoms with Crippen LogP contribution in [0, 0.1) is 5.92 Å². The second-order valence-electron chi connectivity index (χ2n) is 6.86. The Hall–Kier alpha value is -2.66. The number of carbonyl (C=O) groups excluding carboxylic acids is 2. The van der Waals surface area contributed by atoms with Crippen molar-refractivity contribution in [1.82, 2.24) is 0 Å². The topological polar surface area (TPSA) is 67.4 Å². The smallest absolute Gasteiger partial charge is 0.255 e. The molecular weight excluding hydrogens is 328 g/mol. The molecule has 0 saturated heterocycles. The molecule has 1 aliphatic rings. The van der Waals surface area contributed by atoms with E-state index in [0.29, 0.717) is 23.5 Å². The number of carbonyl (C=O) groups is 2. The molecule has 1 fully saturated rings. The van der Waals surface area contributed by atoms with Gasteiger partial charge < -0.3 is 15.4 Å². The van der Waals surface area contributed by atoms with E-state index in [1.54, 1.807) is 24.3 Å². The molecule has 1 saturated carbocycles. The number of hydrogen-bond donors (Lipinski definition) is 2. The molecular formula is C21H24N2O3. The summed E-state index contributed by atoms with van der Waals surface area (Å²) >= 11 is 0. The molecule has 2 aromatic carbocycles. The molecule has 0 unspecified atom stereocenters. The van der Waals surface area contributed by atoms with E-state index in [1.807, 2.05) is 38.1 Å². The maximum absolute atomic E-state index is 12.5. The molecule has 5 heteroatoms. The lowest BCUT2D eigenvalue weighted by Gasteiger charge is -2.11. The Bertz CT molecular complexity index is 797. The van der Waals surface area contributed by atoms with Crippen molar-refractivity contribution in [1.29, 1.82) is 0 Å². The maximum Gasteiger partial charge on any atom is 0.255 e. The molecule has 3 rings (SSSR count). The van der Waals surface area contributed by atoms with Crippen LogP contribution in [-0.2, 0) is 16.1 Å². The molecule has 2 N–H and O–H groups in total. The predicted molar refractivity (Wildman–Crippen MR) is 102 cm³/mol. The second kappa shape index (κ2) is 8.15. The van der Waals surface area contributed by atoms with Crippen LogP contribution in [0.4, 0.5) is 11.4 Å². The number of nitrogens with one attached hydrogen (secondary N) is 2. The van der Waals surface area contributed by atoms with Gasteiger partial charge in [-0.15, -0.1) is 0 Å². The average molecular weight is 352 g/mol. The van der Waals surface area contributed by atoms with Gasteiger partial charge in [0.05, 0.1) is 12.7 Å². The number of benzene rings is 2. The van der Waals surface area contributed by atoms with Gasteiger partial charge in [-0.3, -0.25) is 9.59 Å². The standard InChI is InChI=1S/C21H24N2O3/c1-14(2)26-13-15-5-3-7-18(11-15)22-21(25)17-6-4-8-19(12-17)23-20(24)16-9-10-16/h3-8,11-12,14,16H,9-10,13H2,1-2H3,(H,22,25)(H,23,24). The van der Waals surface area contributed by atoms with Gasteiger partial charge in [-0.25, -0.2) is 0 Å². The highest BCUT2D eigenvalue weighted by atomic mass is 16.5. The van der Waals surface area contributed by atoms with Gasteiger partial charge in [0, 0.05) is 22.9 Å². The van der Waals surface area contributed by atoms with Gasteiger partial charge in [0.15, 0.2) is 0 Å². The molecule has 0 aromatic heterocycles. The van der Waals surface area contributed by atoms with E-state index in [-0.39, 0.29) is 23.8 Å². The van der Waals surface area contributed by atoms with Crippen LogP contribution in [0.2, 0.25) is 0 Å². The summed E-state index contributed by atoms with van der Waals surface area (Å²) in [6.07, 6.45) is 2.05. The zero-order valence-electron chi connectivity index (χ0n) is 15.1. The maximum atomic E-state index is 12.5. The number of rotatable bonds is 7. The van der Waals surface area contributed by atoms with Gasteiger partial charge in [0.25, 0.3) is 5.91 Å². The Balaban J connectivity index is 1.64. The van der Waals surface area contributed by atoms with E-state index in [2.05, 4.69) is 10.6 Å². The van der Waals surface area contributed by atoms with Crippen molar-refractivity contribution in [3.05, 3.63) is 59.7 Å². The summed E-state index contributed by atoms with van der Waals surface area (Å²) in [5.41, 5.74) is 2.87. The molecule has 0 atom stereocenters. The third kappa shape index (κ3) is 5.17. The van der Waals surface area contributed by atoms with Gasteiger partial charge in [0.2, 0.25) is 5.91 Å². The van der Waals surface area contributed by atoms with E-state index in [4.69, 9.17) is 4.74 Å². The minimum atomic E-state index is -0.213. The number of hydrogen-bond acceptors (Lipinski definition) is 3. The molecule has 0 bridgehead atoms. The Labute approximate surface area is 153 Å². The lowest BCUT2D eigenvalue weighted by Crippen LogP contribution is -2.15. The molecule has 0 heterocycles. The lowest BCUT2D eigenvalue weighted by atomic mass is 10.1. The van der Waals surface area contributed by atoms with Crippen molar-refractivity contribution < 1.29 is 14.3 Å². The zero-order chi connectivity index (χ0) is 18.5. The molecule has 136 valence electrons. The van der Waals surface area contributed by atoms with Crippen LogP contribution in [0.25, 0.3) is 0 Å². The SMILES string of the molecule is CC(C)OCc1cccc(NC(=O)c2cccc(NC(=O)C3CC3)c2)c1. The summed E-state index contributed by atoms with van der Waals surface area (Å²) in [7, 11) is 0. The Morgan fingerprint density at radius 3 is 2.42 bits per heavy atom. The van der Waals surface area contributed by atoms with Crippen molar-refractivity contribution in [2.24, 2.45) is 5.92 Å². The normalized spacial score (nSPS) is 13.5. The third-order valence-electron chi connectivity index (χ3n) is 4.11. The number of anilines is 2. The summed E-state index contributed by atoms with van der Waals surface area (Å²) in [6, 6.07) is 14.6. The van der Waals surface area contributed by atoms with E-state index in [9.17, 15) is 9.59 Å². The van der Waals surface area contributed by atoms with Gasteiger partial charge in [0.1, 0.15) is 0 Å². The molecule has 0 spiro atoms. The first-order chi connectivity index (χ1) is 12.5. The van der Waals surface area contributed by atoms with E-state index in [1.165, 1.54) is 0 Å². The Kier molecular flexibility index (Phi) is 5.68. The van der Waals surface area contributed by atoms with Crippen LogP contribution in [0.5, 0.6) is 0 Å². The highest BCUT2D eigenvalue weighted by Crippen LogP contribution is 2.30. The minimum absolute atomic E-state index is 0.0282. The first kappa shape index (κ1) is 18.1. The predicted octanol–water partition coefficient (Wildman–Crippen LogP) is 4.21. The van der Waals surface area contributed by atoms with Crippen molar-refractivity contribution in [3.63, 3.8) is 0 Å². The van der Waals surface area contributed by atoms with Crippen LogP contribution in [0.15, 0.2) is 48.5 Å². The fraction of sp³-hybridized carbons (Fsp3) is 0.333. The Morgan fingerprint density at radius 2 is 1.73 bits per heavy atom. The van der Waals surface area contributed by atoms with Crippen LogP contribution in [-0.4, -0.2) is 17.9 Å². The number of amides is 2. The first-order valence-electron chi connectivity index (χ1n) is 8.94. The van der Waals surface area contributed by atoms with E-state index in [0.717, 1.165) is 18.4 Å². The lowest BCUT2D eigenvalue weighted by molar-refractivity contribution is -0.117. The highest BCUT2D eigenvalue weighted by Gasteiger charge is 2.29. The third-order valence-corrected chi connectivity index (χ3v) is 4.11. The van der Waals surface area contributed by atoms with Crippen molar-refractivity contribution >= 4 is 23.2 Å². The fourth-order valence-corrected chi connectivity index (χ4v) is 2.53. The van der Waals surface area contributed by atoms with Gasteiger partial charge >= 0.3 is 0 Å². The summed E-state index contributed by atoms with van der Waals surface area (Å²) < 4.78 is 5.60. The fourth-order valence-electron chi connectivity index (χ4n) is 2.53. The molecule has 5 nitrogen and oxygen atoms in total. The van der Waals surface area contributed by atoms with Crippen molar-refractivity contribution in [3.8, 4) is 0 Å². The molecule has 0 aliphatic heterocycles. The van der Waals surface area contributed by atoms with Crippen LogP contribution < -0.4 is 10.6 Å². The average Bonchev–Trinajstić information content (AvgIpc) is 3.46. The highest BCUT2D eigenvalue weighted by molar-refractivity contribution is 6.05. The quantitative estimate of drug-likeness (QED) is 0.784. The summed E-state index contributed by atoms with van der Waals surface area (Å²) in [5, 5.41) is 5.76. The van der Waals surface area contributed by atoms with E-state index >= 15 is 0 Å². The van der Waals surface area contributed by atoms with E-state index < -0.39 is 0 Å². The van der Waals surface area contributed by atoms with Crippen molar-refractivity contribution in [2.45, 2.75) is 39.4 Å². The summed E-state index contributed by atoms with van der Waals surface area (Å²) in [4.78, 5) is 24.4. The van der Waals surface area contributed by atoms with Crippen LogP contribution in [0.3, 0.4) is 0 Å². The molecule has 2 aromatic rings. The zero-order valence-corrected chi connectivity index (χ0v) is 15.1.